The summed E-state index contributed by atoms with van der Waals surface area (Å²) in [5.41, 5.74) is 0. The lowest BCUT2D eigenvalue weighted by Crippen LogP contribution is -2.61. The van der Waals surface area contributed by atoms with Crippen molar-refractivity contribution in [2.45, 2.75) is 423 Å². The number of hydrogen-bond acceptors (Lipinski definition) is 10. The third-order valence-corrected chi connectivity index (χ3v) is 18.4. The maximum absolute atomic E-state index is 13.5. The molecule has 11 nitrogen and oxygen atoms in total. The number of nitrogens with one attached hydrogen (secondary N) is 1. The van der Waals surface area contributed by atoms with Gasteiger partial charge in [0.25, 0.3) is 0 Å². The van der Waals surface area contributed by atoms with Gasteiger partial charge in [-0.2, -0.15) is 0 Å². The van der Waals surface area contributed by atoms with Gasteiger partial charge in [0.05, 0.1) is 25.4 Å². The average molecular weight is 1280 g/mol. The van der Waals surface area contributed by atoms with E-state index in [1.165, 1.54) is 257 Å². The fourth-order valence-electron chi connectivity index (χ4n) is 12.2. The SMILES string of the molecule is CCCCC/C=C\C/C=C\CCCCCCCCCCCCCCCCCCC(O)C(=O)NC(COC1OC(CO)C(O)C(O)C1OC(=O)CCCCCCCCCCCCCCC/C=C\C/C=C\CCCCC)C(O)/C=C/CCCCCCCCCCCCC. The Balaban J connectivity index is 2.52. The highest BCUT2D eigenvalue weighted by Gasteiger charge is 2.47. The molecule has 0 bridgehead atoms. The predicted molar refractivity (Wildman–Crippen MR) is 384 cm³/mol. The van der Waals surface area contributed by atoms with Crippen molar-refractivity contribution in [1.29, 1.82) is 0 Å². The minimum atomic E-state index is -1.61. The first-order chi connectivity index (χ1) is 44.7. The van der Waals surface area contributed by atoms with Gasteiger partial charge < -0.3 is 45.1 Å². The van der Waals surface area contributed by atoms with Crippen molar-refractivity contribution in [3.8, 4) is 0 Å². The molecule has 0 aromatic carbocycles. The van der Waals surface area contributed by atoms with Crippen LogP contribution < -0.4 is 5.32 Å². The standard InChI is InChI=1S/C80H147NO10/c1-4-7-10-13-16-19-22-25-27-29-31-33-35-36-37-39-40-42-44-46-49-52-55-58-61-64-67-73(84)79(88)81-71(72(83)66-63-60-57-54-51-48-24-21-18-15-12-9-6-3)70-89-80-78(77(87)76(86)74(69-82)90-80)91-75(85)68-65-62-59-56-53-50-47-45-43-41-38-34-32-30-28-26-23-20-17-14-11-8-5-2/h16-17,19-20,25-28,63,66,71-74,76-78,80,82-84,86-87H,4-15,18,21-24,29-62,64-65,67-70H2,1-3H3,(H,81,88)/b19-16-,20-17-,27-25-,28-26-,66-63+. The molecule has 0 aromatic rings. The number of hydrogen-bond donors (Lipinski definition) is 6. The van der Waals surface area contributed by atoms with Crippen LogP contribution in [0.15, 0.2) is 60.8 Å². The van der Waals surface area contributed by atoms with Crippen LogP contribution in [0.3, 0.4) is 0 Å². The first kappa shape index (κ1) is 86.4. The number of carbonyl (C=O) groups excluding carboxylic acids is 2. The molecule has 0 spiro atoms. The summed E-state index contributed by atoms with van der Waals surface area (Å²) < 4.78 is 17.8. The minimum absolute atomic E-state index is 0.124. The van der Waals surface area contributed by atoms with Crippen molar-refractivity contribution in [1.82, 2.24) is 5.32 Å². The van der Waals surface area contributed by atoms with Crippen LogP contribution in [0.1, 0.15) is 374 Å². The molecule has 11 heteroatoms. The first-order valence-electron chi connectivity index (χ1n) is 39.1. The predicted octanol–water partition coefficient (Wildman–Crippen LogP) is 20.9. The molecule has 1 heterocycles. The van der Waals surface area contributed by atoms with Gasteiger partial charge in [0.2, 0.25) is 5.91 Å². The third kappa shape index (κ3) is 54.2. The van der Waals surface area contributed by atoms with E-state index in [9.17, 15) is 35.1 Å². The zero-order chi connectivity index (χ0) is 66.0. The van der Waals surface area contributed by atoms with Gasteiger partial charge in [0.15, 0.2) is 12.4 Å². The number of ether oxygens (including phenoxy) is 3. The molecule has 0 aromatic heterocycles. The van der Waals surface area contributed by atoms with Gasteiger partial charge in [0, 0.05) is 6.42 Å². The number of allylic oxidation sites excluding steroid dienone is 9. The number of aliphatic hydroxyl groups excluding tert-OH is 5. The number of rotatable bonds is 68. The molecule has 8 unspecified atom stereocenters. The molecule has 532 valence electrons. The molecular weight excluding hydrogens is 1130 g/mol. The highest BCUT2D eigenvalue weighted by Crippen LogP contribution is 2.27. The van der Waals surface area contributed by atoms with Crippen LogP contribution in [0, 0.1) is 0 Å². The quantitative estimate of drug-likeness (QED) is 0.0195. The Morgan fingerprint density at radius 3 is 1.14 bits per heavy atom. The Morgan fingerprint density at radius 2 is 0.758 bits per heavy atom. The molecule has 1 amide bonds. The summed E-state index contributed by atoms with van der Waals surface area (Å²) in [6.45, 7) is 5.80. The maximum Gasteiger partial charge on any atom is 0.306 e. The fourth-order valence-corrected chi connectivity index (χ4v) is 12.2. The second-order valence-corrected chi connectivity index (χ2v) is 27.1. The van der Waals surface area contributed by atoms with E-state index in [0.29, 0.717) is 19.3 Å². The molecule has 8 atom stereocenters. The Bertz CT molecular complexity index is 1720. The molecule has 1 aliphatic heterocycles. The van der Waals surface area contributed by atoms with Gasteiger partial charge >= 0.3 is 5.97 Å². The van der Waals surface area contributed by atoms with Crippen molar-refractivity contribution >= 4 is 11.9 Å². The highest BCUT2D eigenvalue weighted by molar-refractivity contribution is 5.80. The second kappa shape index (κ2) is 67.3. The van der Waals surface area contributed by atoms with Crippen LogP contribution in [-0.4, -0.2) is 99.6 Å². The van der Waals surface area contributed by atoms with Crippen molar-refractivity contribution in [3.63, 3.8) is 0 Å². The van der Waals surface area contributed by atoms with Crippen LogP contribution in [0.5, 0.6) is 0 Å². The van der Waals surface area contributed by atoms with E-state index >= 15 is 0 Å². The summed E-state index contributed by atoms with van der Waals surface area (Å²) in [6.07, 6.45) is 76.9. The number of amides is 1. The molecule has 0 aliphatic carbocycles. The topological polar surface area (TPSA) is 175 Å². The molecule has 1 fully saturated rings. The zero-order valence-corrected chi connectivity index (χ0v) is 59.5. The van der Waals surface area contributed by atoms with Crippen LogP contribution >= 0.6 is 0 Å². The molecule has 1 aliphatic rings. The highest BCUT2D eigenvalue weighted by atomic mass is 16.7. The van der Waals surface area contributed by atoms with E-state index in [2.05, 4.69) is 74.7 Å². The Hall–Kier alpha value is -2.64. The normalized spacial score (nSPS) is 18.3. The lowest BCUT2D eigenvalue weighted by molar-refractivity contribution is -0.305. The molecule has 6 N–H and O–H groups in total. The number of carbonyl (C=O) groups is 2. The summed E-state index contributed by atoms with van der Waals surface area (Å²) in [4.78, 5) is 26.8. The Morgan fingerprint density at radius 1 is 0.429 bits per heavy atom. The molecule has 1 saturated heterocycles. The minimum Gasteiger partial charge on any atom is -0.454 e. The van der Waals surface area contributed by atoms with Crippen LogP contribution in [0.2, 0.25) is 0 Å². The maximum atomic E-state index is 13.5. The largest absolute Gasteiger partial charge is 0.454 e. The lowest BCUT2D eigenvalue weighted by atomic mass is 9.99. The number of unbranched alkanes of at least 4 members (excludes halogenated alkanes) is 46. The van der Waals surface area contributed by atoms with Gasteiger partial charge in [-0.05, 0) is 89.9 Å². The van der Waals surface area contributed by atoms with E-state index in [1.807, 2.05) is 6.08 Å². The summed E-state index contributed by atoms with van der Waals surface area (Å²) in [5, 5.41) is 57.4. The van der Waals surface area contributed by atoms with Crippen molar-refractivity contribution < 1.29 is 49.3 Å². The van der Waals surface area contributed by atoms with E-state index in [-0.39, 0.29) is 13.0 Å². The van der Waals surface area contributed by atoms with Crippen molar-refractivity contribution in [3.05, 3.63) is 60.8 Å². The number of esters is 1. The average Bonchev–Trinajstić information content (AvgIpc) is 0.969. The van der Waals surface area contributed by atoms with Gasteiger partial charge in [-0.3, -0.25) is 9.59 Å². The van der Waals surface area contributed by atoms with Crippen molar-refractivity contribution in [2.24, 2.45) is 0 Å². The molecule has 0 saturated carbocycles. The molecule has 91 heavy (non-hydrogen) atoms. The summed E-state index contributed by atoms with van der Waals surface area (Å²) >= 11 is 0. The third-order valence-electron chi connectivity index (χ3n) is 18.4. The lowest BCUT2D eigenvalue weighted by Gasteiger charge is -2.41. The zero-order valence-electron chi connectivity index (χ0n) is 59.5. The van der Waals surface area contributed by atoms with Crippen LogP contribution in [0.25, 0.3) is 0 Å². The second-order valence-electron chi connectivity index (χ2n) is 27.1. The van der Waals surface area contributed by atoms with Gasteiger partial charge in [0.1, 0.15) is 24.4 Å². The van der Waals surface area contributed by atoms with Crippen LogP contribution in [-0.2, 0) is 23.8 Å². The molecule has 0 radical (unpaired) electrons. The first-order valence-corrected chi connectivity index (χ1v) is 39.1. The van der Waals surface area contributed by atoms with Crippen molar-refractivity contribution in [2.75, 3.05) is 13.2 Å². The summed E-state index contributed by atoms with van der Waals surface area (Å²) in [7, 11) is 0. The summed E-state index contributed by atoms with van der Waals surface area (Å²) in [5.74, 6) is -1.18. The van der Waals surface area contributed by atoms with Gasteiger partial charge in [-0.25, -0.2) is 0 Å². The monoisotopic (exact) mass is 1280 g/mol. The molecule has 1 rings (SSSR count). The Labute approximate surface area is 560 Å². The fraction of sp³-hybridized carbons (Fsp3) is 0.850. The van der Waals surface area contributed by atoms with E-state index in [0.717, 1.165) is 70.6 Å². The van der Waals surface area contributed by atoms with E-state index < -0.39 is 67.4 Å². The van der Waals surface area contributed by atoms with E-state index in [1.54, 1.807) is 6.08 Å². The number of aliphatic hydroxyl groups is 5. The van der Waals surface area contributed by atoms with Gasteiger partial charge in [-0.1, -0.05) is 338 Å². The van der Waals surface area contributed by atoms with Gasteiger partial charge in [-0.15, -0.1) is 0 Å². The summed E-state index contributed by atoms with van der Waals surface area (Å²) in [6, 6.07) is -1.02. The van der Waals surface area contributed by atoms with Crippen LogP contribution in [0.4, 0.5) is 0 Å². The smallest absolute Gasteiger partial charge is 0.306 e. The molecular formula is C80H147NO10. The Kier molecular flexibility index (Phi) is 63.9. The van der Waals surface area contributed by atoms with E-state index in [4.69, 9.17) is 14.2 Å².